The fourth-order valence-corrected chi connectivity index (χ4v) is 1.76. The summed E-state index contributed by atoms with van der Waals surface area (Å²) in [6.07, 6.45) is 5.43. The van der Waals surface area contributed by atoms with Crippen LogP contribution in [0.2, 0.25) is 0 Å². The molecule has 102 valence electrons. The van der Waals surface area contributed by atoms with Gasteiger partial charge in [0.1, 0.15) is 0 Å². The molecule has 0 aliphatic rings. The number of H-pyrrole nitrogens is 1. The number of amides is 1. The van der Waals surface area contributed by atoms with Crippen LogP contribution in [0.5, 0.6) is 5.88 Å². The highest BCUT2D eigenvalue weighted by atomic mass is 16.6. The van der Waals surface area contributed by atoms with E-state index >= 15 is 0 Å². The Morgan fingerprint density at radius 2 is 2.39 bits per heavy atom. The molecule has 1 heterocycles. The predicted octanol–water partition coefficient (Wildman–Crippen LogP) is 1.83. The lowest BCUT2D eigenvalue weighted by Gasteiger charge is -2.22. The number of carbonyl (C=O) groups excluding carboxylic acids is 1. The van der Waals surface area contributed by atoms with Gasteiger partial charge in [0.25, 0.3) is 0 Å². The van der Waals surface area contributed by atoms with Crippen LogP contribution in [0.25, 0.3) is 0 Å². The number of ether oxygens (including phenoxy) is 1. The maximum absolute atomic E-state index is 11.3. The number of rotatable bonds is 7. The van der Waals surface area contributed by atoms with Crippen molar-refractivity contribution in [2.75, 3.05) is 6.54 Å². The van der Waals surface area contributed by atoms with E-state index in [-0.39, 0.29) is 0 Å². The van der Waals surface area contributed by atoms with Crippen LogP contribution in [0.1, 0.15) is 39.5 Å². The summed E-state index contributed by atoms with van der Waals surface area (Å²) in [7, 11) is 0. The molecule has 18 heavy (non-hydrogen) atoms. The Morgan fingerprint density at radius 3 is 3.00 bits per heavy atom. The summed E-state index contributed by atoms with van der Waals surface area (Å²) < 4.78 is 4.90. The van der Waals surface area contributed by atoms with Crippen molar-refractivity contribution >= 4 is 6.09 Å². The van der Waals surface area contributed by atoms with Gasteiger partial charge in [-0.2, -0.15) is 0 Å². The lowest BCUT2D eigenvalue weighted by Crippen LogP contribution is -2.30. The van der Waals surface area contributed by atoms with E-state index in [0.717, 1.165) is 12.8 Å². The van der Waals surface area contributed by atoms with E-state index in [4.69, 9.17) is 4.74 Å². The number of nitrogens with zero attached hydrogens (tertiary/aromatic N) is 1. The lowest BCUT2D eigenvalue weighted by molar-refractivity contribution is 0.0393. The second-order valence-electron chi connectivity index (χ2n) is 4.58. The molecule has 0 spiro atoms. The fourth-order valence-electron chi connectivity index (χ4n) is 1.76. The summed E-state index contributed by atoms with van der Waals surface area (Å²) in [5.74, 6) is 0.311. The molecule has 6 heteroatoms. The highest BCUT2D eigenvalue weighted by Crippen LogP contribution is 2.17. The molecule has 0 radical (unpaired) electrons. The number of aromatic nitrogens is 2. The molecule has 1 atom stereocenters. The van der Waals surface area contributed by atoms with E-state index in [1.807, 2.05) is 13.8 Å². The molecule has 3 N–H and O–H groups in total. The first-order valence-corrected chi connectivity index (χ1v) is 6.20. The number of aromatic amines is 1. The van der Waals surface area contributed by atoms with Crippen molar-refractivity contribution in [3.8, 4) is 5.88 Å². The second kappa shape index (κ2) is 7.00. The highest BCUT2D eigenvalue weighted by molar-refractivity contribution is 5.69. The molecule has 0 unspecified atom stereocenters. The summed E-state index contributed by atoms with van der Waals surface area (Å²) in [6.45, 7) is 4.33. The largest absolute Gasteiger partial charge is 0.413 e. The van der Waals surface area contributed by atoms with Crippen LogP contribution in [0, 0.1) is 0 Å². The molecule has 1 aromatic heterocycles. The van der Waals surface area contributed by atoms with Crippen molar-refractivity contribution in [3.63, 3.8) is 0 Å². The maximum Gasteiger partial charge on any atom is 0.413 e. The van der Waals surface area contributed by atoms with E-state index in [9.17, 15) is 9.90 Å². The van der Waals surface area contributed by atoms with E-state index in [1.165, 1.54) is 12.5 Å². The van der Waals surface area contributed by atoms with Crippen molar-refractivity contribution in [2.45, 2.75) is 45.1 Å². The molecule has 6 nitrogen and oxygen atoms in total. The predicted molar refractivity (Wildman–Crippen MR) is 67.4 cm³/mol. The molecule has 0 saturated heterocycles. The third-order valence-electron chi connectivity index (χ3n) is 2.63. The highest BCUT2D eigenvalue weighted by Gasteiger charge is 2.18. The van der Waals surface area contributed by atoms with Gasteiger partial charge in [0.2, 0.25) is 5.88 Å². The molecular weight excluding hydrogens is 234 g/mol. The van der Waals surface area contributed by atoms with Crippen molar-refractivity contribution in [3.05, 3.63) is 12.5 Å². The van der Waals surface area contributed by atoms with Crippen LogP contribution >= 0.6 is 0 Å². The van der Waals surface area contributed by atoms with E-state index in [2.05, 4.69) is 15.3 Å². The molecule has 0 bridgehead atoms. The Bertz CT molecular complexity index is 349. The molecule has 0 aromatic carbocycles. The molecule has 1 aromatic rings. The summed E-state index contributed by atoms with van der Waals surface area (Å²) in [5, 5.41) is 12.5. The zero-order valence-electron chi connectivity index (χ0n) is 10.9. The summed E-state index contributed by atoms with van der Waals surface area (Å²) in [5.41, 5.74) is -0.649. The minimum absolute atomic E-state index is 0.311. The minimum atomic E-state index is -0.649. The summed E-state index contributed by atoms with van der Waals surface area (Å²) >= 11 is 0. The van der Waals surface area contributed by atoms with Gasteiger partial charge in [0, 0.05) is 6.54 Å². The quantitative estimate of drug-likeness (QED) is 0.649. The number of aliphatic hydroxyl groups is 1. The molecule has 1 amide bonds. The van der Waals surface area contributed by atoms with Gasteiger partial charge in [-0.25, -0.2) is 9.78 Å². The smallest absolute Gasteiger partial charge is 0.392 e. The molecule has 0 aliphatic heterocycles. The van der Waals surface area contributed by atoms with Gasteiger partial charge >= 0.3 is 6.09 Å². The van der Waals surface area contributed by atoms with Crippen molar-refractivity contribution in [1.29, 1.82) is 0 Å². The minimum Gasteiger partial charge on any atom is -0.392 e. The monoisotopic (exact) mass is 255 g/mol. The van der Waals surface area contributed by atoms with Crippen LogP contribution in [-0.4, -0.2) is 33.3 Å². The van der Waals surface area contributed by atoms with Gasteiger partial charge in [-0.15, -0.1) is 0 Å². The van der Waals surface area contributed by atoms with Gasteiger partial charge in [-0.1, -0.05) is 13.3 Å². The van der Waals surface area contributed by atoms with Crippen molar-refractivity contribution in [1.82, 2.24) is 15.3 Å². The van der Waals surface area contributed by atoms with Crippen LogP contribution in [-0.2, 0) is 0 Å². The Kier molecular flexibility index (Phi) is 5.64. The maximum atomic E-state index is 11.3. The first-order valence-electron chi connectivity index (χ1n) is 6.20. The number of hydrogen-bond donors (Lipinski definition) is 3. The van der Waals surface area contributed by atoms with Gasteiger partial charge in [0.05, 0.1) is 18.1 Å². The fraction of sp³-hybridized carbons (Fsp3) is 0.667. The number of carbonyl (C=O) groups is 1. The molecule has 0 aliphatic carbocycles. The molecule has 0 saturated carbocycles. The average Bonchev–Trinajstić information content (AvgIpc) is 2.77. The molecule has 1 rings (SSSR count). The SMILES string of the molecule is CCC[C@@](C)(O)CCCNC(=O)Oc1cnc[nH]1. The Hall–Kier alpha value is -1.56. The third kappa shape index (κ3) is 5.67. The third-order valence-corrected chi connectivity index (χ3v) is 2.63. The number of nitrogens with one attached hydrogen (secondary N) is 2. The first kappa shape index (κ1) is 14.5. The van der Waals surface area contributed by atoms with E-state index in [1.54, 1.807) is 0 Å². The zero-order valence-corrected chi connectivity index (χ0v) is 10.9. The van der Waals surface area contributed by atoms with Crippen LogP contribution < -0.4 is 10.1 Å². The summed E-state index contributed by atoms with van der Waals surface area (Å²) in [4.78, 5) is 17.7. The van der Waals surface area contributed by atoms with Crippen LogP contribution in [0.15, 0.2) is 12.5 Å². The Morgan fingerprint density at radius 1 is 1.61 bits per heavy atom. The van der Waals surface area contributed by atoms with Gasteiger partial charge < -0.3 is 20.1 Å². The van der Waals surface area contributed by atoms with E-state index < -0.39 is 11.7 Å². The zero-order chi connectivity index (χ0) is 13.4. The van der Waals surface area contributed by atoms with Crippen LogP contribution in [0.3, 0.4) is 0 Å². The van der Waals surface area contributed by atoms with Crippen LogP contribution in [0.4, 0.5) is 4.79 Å². The van der Waals surface area contributed by atoms with Gasteiger partial charge in [-0.05, 0) is 26.2 Å². The van der Waals surface area contributed by atoms with Gasteiger partial charge in [0.15, 0.2) is 0 Å². The Balaban J connectivity index is 2.12. The normalized spacial score (nSPS) is 13.9. The number of hydrogen-bond acceptors (Lipinski definition) is 4. The lowest BCUT2D eigenvalue weighted by atomic mass is 9.95. The first-order chi connectivity index (χ1) is 8.53. The topological polar surface area (TPSA) is 87.2 Å². The van der Waals surface area contributed by atoms with Crippen molar-refractivity contribution in [2.24, 2.45) is 0 Å². The summed E-state index contributed by atoms with van der Waals surface area (Å²) in [6, 6.07) is 0. The standard InChI is InChI=1S/C12H21N3O3/c1-3-5-12(2,17)6-4-7-14-11(16)18-10-8-13-9-15-10/h8-9,17H,3-7H2,1-2H3,(H,13,15)(H,14,16)/t12-/m1/s1. The Labute approximate surface area is 107 Å². The average molecular weight is 255 g/mol. The molecule has 0 fully saturated rings. The second-order valence-corrected chi connectivity index (χ2v) is 4.58. The van der Waals surface area contributed by atoms with E-state index in [0.29, 0.717) is 25.3 Å². The van der Waals surface area contributed by atoms with Crippen molar-refractivity contribution < 1.29 is 14.6 Å². The number of imidazole rings is 1. The molecular formula is C12H21N3O3. The van der Waals surface area contributed by atoms with Gasteiger partial charge in [-0.3, -0.25) is 0 Å².